The standard InChI is InChI=1S/C6H12O4/c1-9-6-2-4(8)5(3-7)10-6/h4-8H,2-3H2,1H3/t4-,5+,6?/m0/s1/i4+1,5+1. The summed E-state index contributed by atoms with van der Waals surface area (Å²) in [5, 5.41) is 17.7. The fraction of sp³-hybridized carbons (Fsp3) is 1.00. The molecular formula is C6H12O4. The molecule has 1 unspecified atom stereocenters. The lowest BCUT2D eigenvalue weighted by molar-refractivity contribution is -0.127. The van der Waals surface area contributed by atoms with Gasteiger partial charge in [0.2, 0.25) is 0 Å². The lowest BCUT2D eigenvalue weighted by Crippen LogP contribution is -2.24. The molecule has 4 nitrogen and oxygen atoms in total. The molecule has 0 bridgehead atoms. The first-order valence-electron chi connectivity index (χ1n) is 3.25. The maximum absolute atomic E-state index is 9.13. The Morgan fingerprint density at radius 2 is 2.40 bits per heavy atom. The van der Waals surface area contributed by atoms with Crippen LogP contribution in [0, 0.1) is 0 Å². The molecule has 0 saturated carbocycles. The minimum Gasteiger partial charge on any atom is -0.394 e. The summed E-state index contributed by atoms with van der Waals surface area (Å²) < 4.78 is 9.87. The van der Waals surface area contributed by atoms with Gasteiger partial charge in [-0.25, -0.2) is 0 Å². The molecule has 1 rings (SSSR count). The quantitative estimate of drug-likeness (QED) is 0.501. The summed E-state index contributed by atoms with van der Waals surface area (Å²) in [5.74, 6) is 0. The molecule has 0 aromatic carbocycles. The molecule has 0 spiro atoms. The Hall–Kier alpha value is -0.160. The van der Waals surface area contributed by atoms with Crippen LogP contribution in [0.1, 0.15) is 6.42 Å². The third-order valence-corrected chi connectivity index (χ3v) is 1.63. The van der Waals surface area contributed by atoms with Gasteiger partial charge in [-0.05, 0) is 0 Å². The topological polar surface area (TPSA) is 58.9 Å². The average Bonchev–Trinajstić information content (AvgIpc) is 2.30. The van der Waals surface area contributed by atoms with Crippen molar-refractivity contribution in [3.63, 3.8) is 0 Å². The summed E-state index contributed by atoms with van der Waals surface area (Å²) in [7, 11) is 1.51. The van der Waals surface area contributed by atoms with Crippen LogP contribution in [0.2, 0.25) is 0 Å². The molecule has 4 heteroatoms. The lowest BCUT2D eigenvalue weighted by atomic mass is 10.6. The van der Waals surface area contributed by atoms with E-state index in [2.05, 4.69) is 0 Å². The summed E-state index contributed by atoms with van der Waals surface area (Å²) in [6.45, 7) is -0.152. The summed E-state index contributed by atoms with van der Waals surface area (Å²) in [4.78, 5) is 0. The summed E-state index contributed by atoms with van der Waals surface area (Å²) in [6, 6.07) is 0. The van der Waals surface area contributed by atoms with Gasteiger partial charge in [0.05, 0.1) is 12.7 Å². The van der Waals surface area contributed by atoms with Crippen LogP contribution >= 0.6 is 0 Å². The monoisotopic (exact) mass is 150 g/mol. The molecule has 2 N–H and O–H groups in total. The van der Waals surface area contributed by atoms with Crippen LogP contribution in [0.3, 0.4) is 0 Å². The van der Waals surface area contributed by atoms with Gasteiger partial charge < -0.3 is 19.7 Å². The van der Waals surface area contributed by atoms with Gasteiger partial charge in [-0.1, -0.05) is 0 Å². The first kappa shape index (κ1) is 7.94. The molecule has 10 heavy (non-hydrogen) atoms. The number of hydrogen-bond acceptors (Lipinski definition) is 4. The van der Waals surface area contributed by atoms with Crippen molar-refractivity contribution in [1.29, 1.82) is 0 Å². The SMILES string of the molecule is COC1C[13C@H](O)[13C@@H](CO)O1. The van der Waals surface area contributed by atoms with Gasteiger partial charge in [0.25, 0.3) is 0 Å². The van der Waals surface area contributed by atoms with Crippen molar-refractivity contribution < 1.29 is 19.7 Å². The Kier molecular flexibility index (Phi) is 2.62. The maximum Gasteiger partial charge on any atom is 0.160 e. The average molecular weight is 150 g/mol. The van der Waals surface area contributed by atoms with E-state index < -0.39 is 12.2 Å². The summed E-state index contributed by atoms with van der Waals surface area (Å²) in [5.41, 5.74) is 0. The van der Waals surface area contributed by atoms with E-state index in [-0.39, 0.29) is 12.9 Å². The highest BCUT2D eigenvalue weighted by atomic mass is 16.7. The van der Waals surface area contributed by atoms with Crippen LogP contribution in [0.25, 0.3) is 0 Å². The molecule has 1 fully saturated rings. The van der Waals surface area contributed by atoms with E-state index in [9.17, 15) is 0 Å². The van der Waals surface area contributed by atoms with Gasteiger partial charge >= 0.3 is 0 Å². The Morgan fingerprint density at radius 1 is 1.70 bits per heavy atom. The van der Waals surface area contributed by atoms with Crippen LogP contribution in [-0.2, 0) is 9.47 Å². The Morgan fingerprint density at radius 3 is 2.70 bits per heavy atom. The number of aliphatic hydroxyl groups is 2. The van der Waals surface area contributed by atoms with Crippen LogP contribution in [0.15, 0.2) is 0 Å². The van der Waals surface area contributed by atoms with Gasteiger partial charge in [-0.2, -0.15) is 0 Å². The molecule has 0 aromatic heterocycles. The fourth-order valence-electron chi connectivity index (χ4n) is 1.01. The van der Waals surface area contributed by atoms with Crippen LogP contribution in [0.5, 0.6) is 0 Å². The highest BCUT2D eigenvalue weighted by Crippen LogP contribution is 2.19. The second-order valence-corrected chi connectivity index (χ2v) is 2.33. The van der Waals surface area contributed by atoms with Crippen molar-refractivity contribution in [3.05, 3.63) is 0 Å². The van der Waals surface area contributed by atoms with Gasteiger partial charge in [0.15, 0.2) is 6.29 Å². The van der Waals surface area contributed by atoms with E-state index in [0.29, 0.717) is 6.42 Å². The van der Waals surface area contributed by atoms with E-state index in [1.807, 2.05) is 0 Å². The first-order valence-corrected chi connectivity index (χ1v) is 3.25. The molecule has 0 amide bonds. The largest absolute Gasteiger partial charge is 0.394 e. The van der Waals surface area contributed by atoms with Crippen molar-refractivity contribution in [1.82, 2.24) is 0 Å². The zero-order valence-electron chi connectivity index (χ0n) is 5.86. The number of rotatable bonds is 2. The third-order valence-electron chi connectivity index (χ3n) is 1.63. The molecule has 1 aliphatic rings. The van der Waals surface area contributed by atoms with Gasteiger partial charge in [0, 0.05) is 13.5 Å². The predicted octanol–water partition coefficient (Wildman–Crippen LogP) is -0.899. The summed E-state index contributed by atoms with van der Waals surface area (Å²) >= 11 is 0. The molecule has 1 aliphatic heterocycles. The molecule has 0 aliphatic carbocycles. The van der Waals surface area contributed by atoms with Crippen molar-refractivity contribution in [2.24, 2.45) is 0 Å². The van der Waals surface area contributed by atoms with Crippen molar-refractivity contribution in [2.75, 3.05) is 13.7 Å². The Labute approximate surface area is 59.4 Å². The lowest BCUT2D eigenvalue weighted by Gasteiger charge is -2.09. The van der Waals surface area contributed by atoms with Gasteiger partial charge in [-0.15, -0.1) is 0 Å². The van der Waals surface area contributed by atoms with Crippen molar-refractivity contribution in [3.8, 4) is 0 Å². The Balaban J connectivity index is 2.36. The van der Waals surface area contributed by atoms with Crippen molar-refractivity contribution >= 4 is 0 Å². The summed E-state index contributed by atoms with van der Waals surface area (Å²) in [6.07, 6.45) is -0.964. The molecule has 1 saturated heterocycles. The molecule has 0 radical (unpaired) electrons. The highest BCUT2D eigenvalue weighted by Gasteiger charge is 2.32. The van der Waals surface area contributed by atoms with Gasteiger partial charge in [0.1, 0.15) is 6.10 Å². The zero-order valence-corrected chi connectivity index (χ0v) is 5.86. The van der Waals surface area contributed by atoms with Gasteiger partial charge in [-0.3, -0.25) is 0 Å². The minimum atomic E-state index is -0.588. The van der Waals surface area contributed by atoms with E-state index in [1.165, 1.54) is 7.11 Å². The normalized spacial score (nSPS) is 40.5. The molecule has 0 aromatic rings. The highest BCUT2D eigenvalue weighted by molar-refractivity contribution is 4.76. The fourth-order valence-corrected chi connectivity index (χ4v) is 1.01. The number of hydrogen-bond donors (Lipinski definition) is 2. The van der Waals surface area contributed by atoms with Crippen LogP contribution in [0.4, 0.5) is 0 Å². The second-order valence-electron chi connectivity index (χ2n) is 2.33. The van der Waals surface area contributed by atoms with Crippen LogP contribution < -0.4 is 0 Å². The molecule has 3 atom stereocenters. The smallest absolute Gasteiger partial charge is 0.160 e. The van der Waals surface area contributed by atoms with E-state index in [4.69, 9.17) is 19.7 Å². The van der Waals surface area contributed by atoms with E-state index >= 15 is 0 Å². The Bertz CT molecular complexity index is 106. The maximum atomic E-state index is 9.13. The van der Waals surface area contributed by atoms with Crippen molar-refractivity contribution in [2.45, 2.75) is 24.9 Å². The minimum absolute atomic E-state index is 0.152. The van der Waals surface area contributed by atoms with E-state index in [1.54, 1.807) is 0 Å². The first-order chi connectivity index (χ1) is 4.77. The number of ether oxygens (including phenoxy) is 2. The van der Waals surface area contributed by atoms with Crippen LogP contribution in [-0.4, -0.2) is 42.4 Å². The zero-order chi connectivity index (χ0) is 7.56. The molecular weight excluding hydrogens is 138 g/mol. The van der Waals surface area contributed by atoms with E-state index in [0.717, 1.165) is 0 Å². The predicted molar refractivity (Wildman–Crippen MR) is 33.4 cm³/mol. The molecule has 1 heterocycles. The third kappa shape index (κ3) is 1.46. The molecule has 60 valence electrons. The number of methoxy groups -OCH3 is 1. The number of aliphatic hydroxyl groups excluding tert-OH is 2. The second kappa shape index (κ2) is 3.30.